The van der Waals surface area contributed by atoms with Crippen molar-refractivity contribution in [1.82, 2.24) is 5.32 Å². The van der Waals surface area contributed by atoms with Crippen LogP contribution in [0.25, 0.3) is 0 Å². The third-order valence-corrected chi connectivity index (χ3v) is 1.98. The van der Waals surface area contributed by atoms with Crippen LogP contribution in [-0.2, 0) is 6.54 Å². The van der Waals surface area contributed by atoms with E-state index in [2.05, 4.69) is 5.32 Å². The van der Waals surface area contributed by atoms with Crippen LogP contribution in [0.3, 0.4) is 0 Å². The van der Waals surface area contributed by atoms with Crippen LogP contribution < -0.4 is 5.32 Å². The normalized spacial score (nSPS) is 12.7. The highest BCUT2D eigenvalue weighted by molar-refractivity contribution is 5.84. The van der Waals surface area contributed by atoms with E-state index in [0.717, 1.165) is 0 Å². The minimum absolute atomic E-state index is 0.0537. The zero-order valence-electron chi connectivity index (χ0n) is 8.56. The Balaban J connectivity index is 2.35. The molecule has 15 heavy (non-hydrogen) atoms. The molecule has 0 saturated heterocycles. The number of carbonyl (C=O) groups is 1. The Bertz CT molecular complexity index is 321. The summed E-state index contributed by atoms with van der Waals surface area (Å²) < 4.78 is 5.04. The molecule has 0 aliphatic carbocycles. The van der Waals surface area contributed by atoms with Gasteiger partial charge in [-0.2, -0.15) is 0 Å². The van der Waals surface area contributed by atoms with Crippen molar-refractivity contribution < 1.29 is 19.4 Å². The van der Waals surface area contributed by atoms with Crippen molar-refractivity contribution in [1.29, 1.82) is 0 Å². The lowest BCUT2D eigenvalue weighted by molar-refractivity contribution is 0.0660. The lowest BCUT2D eigenvalue weighted by Crippen LogP contribution is -2.22. The maximum absolute atomic E-state index is 10.5. The SMILES string of the molecule is CC(CO)CNCc1ccc(C(=O)O)o1. The number of carboxylic acid groups (broad SMARTS) is 1. The highest BCUT2D eigenvalue weighted by atomic mass is 16.4. The highest BCUT2D eigenvalue weighted by Crippen LogP contribution is 2.07. The molecule has 1 heterocycles. The van der Waals surface area contributed by atoms with Crippen LogP contribution in [0.4, 0.5) is 0 Å². The summed E-state index contributed by atoms with van der Waals surface area (Å²) in [5.41, 5.74) is 0. The van der Waals surface area contributed by atoms with Crippen molar-refractivity contribution in [2.45, 2.75) is 13.5 Å². The molecule has 0 fully saturated rings. The first-order valence-corrected chi connectivity index (χ1v) is 4.77. The van der Waals surface area contributed by atoms with Gasteiger partial charge in [0.2, 0.25) is 5.76 Å². The fraction of sp³-hybridized carbons (Fsp3) is 0.500. The van der Waals surface area contributed by atoms with Gasteiger partial charge in [0.15, 0.2) is 0 Å². The molecule has 0 radical (unpaired) electrons. The monoisotopic (exact) mass is 213 g/mol. The second kappa shape index (κ2) is 5.53. The molecule has 1 unspecified atom stereocenters. The fourth-order valence-electron chi connectivity index (χ4n) is 1.09. The van der Waals surface area contributed by atoms with Gasteiger partial charge in [-0.05, 0) is 18.1 Å². The quantitative estimate of drug-likeness (QED) is 0.647. The van der Waals surface area contributed by atoms with Crippen LogP contribution in [0.15, 0.2) is 16.5 Å². The van der Waals surface area contributed by atoms with Gasteiger partial charge in [0, 0.05) is 13.2 Å². The Kier molecular flexibility index (Phi) is 4.33. The first-order chi connectivity index (χ1) is 7.13. The Labute approximate surface area is 87.7 Å². The minimum Gasteiger partial charge on any atom is -0.475 e. The topological polar surface area (TPSA) is 82.7 Å². The van der Waals surface area contributed by atoms with E-state index in [4.69, 9.17) is 14.6 Å². The van der Waals surface area contributed by atoms with E-state index in [1.165, 1.54) is 6.07 Å². The lowest BCUT2D eigenvalue weighted by atomic mass is 10.2. The molecule has 1 aromatic heterocycles. The smallest absolute Gasteiger partial charge is 0.371 e. The molecular weight excluding hydrogens is 198 g/mol. The molecule has 5 nitrogen and oxygen atoms in total. The summed E-state index contributed by atoms with van der Waals surface area (Å²) in [6.45, 7) is 3.18. The molecule has 5 heteroatoms. The van der Waals surface area contributed by atoms with Crippen LogP contribution in [0.1, 0.15) is 23.2 Å². The van der Waals surface area contributed by atoms with Gasteiger partial charge in [-0.25, -0.2) is 4.79 Å². The van der Waals surface area contributed by atoms with Crippen LogP contribution >= 0.6 is 0 Å². The number of carboxylic acids is 1. The van der Waals surface area contributed by atoms with Gasteiger partial charge in [-0.15, -0.1) is 0 Å². The molecule has 1 aromatic rings. The molecule has 0 aliphatic heterocycles. The zero-order valence-corrected chi connectivity index (χ0v) is 8.56. The fourth-order valence-corrected chi connectivity index (χ4v) is 1.09. The lowest BCUT2D eigenvalue weighted by Gasteiger charge is -2.07. The molecule has 1 atom stereocenters. The zero-order chi connectivity index (χ0) is 11.3. The maximum atomic E-state index is 10.5. The summed E-state index contributed by atoms with van der Waals surface area (Å²) in [7, 11) is 0. The molecule has 0 bridgehead atoms. The van der Waals surface area contributed by atoms with Gasteiger partial charge >= 0.3 is 5.97 Å². The Morgan fingerprint density at radius 2 is 2.33 bits per heavy atom. The second-order valence-electron chi connectivity index (χ2n) is 3.49. The predicted octanol–water partition coefficient (Wildman–Crippen LogP) is 0.696. The average molecular weight is 213 g/mol. The molecule has 0 aliphatic rings. The number of rotatable bonds is 6. The number of hydrogen-bond acceptors (Lipinski definition) is 4. The van der Waals surface area contributed by atoms with Crippen molar-refractivity contribution in [2.75, 3.05) is 13.2 Å². The number of furan rings is 1. The first-order valence-electron chi connectivity index (χ1n) is 4.77. The standard InChI is InChI=1S/C10H15NO4/c1-7(6-12)4-11-5-8-2-3-9(15-8)10(13)14/h2-3,7,11-12H,4-6H2,1H3,(H,13,14). The molecule has 3 N–H and O–H groups in total. The molecule has 0 spiro atoms. The summed E-state index contributed by atoms with van der Waals surface area (Å²) >= 11 is 0. The average Bonchev–Trinajstić information content (AvgIpc) is 2.66. The van der Waals surface area contributed by atoms with Gasteiger partial charge in [0.25, 0.3) is 0 Å². The summed E-state index contributed by atoms with van der Waals surface area (Å²) in [6, 6.07) is 3.05. The first kappa shape index (κ1) is 11.7. The molecule has 0 amide bonds. The highest BCUT2D eigenvalue weighted by Gasteiger charge is 2.08. The van der Waals surface area contributed by atoms with Crippen LogP contribution in [0.5, 0.6) is 0 Å². The van der Waals surface area contributed by atoms with E-state index in [1.54, 1.807) is 6.07 Å². The number of hydrogen-bond donors (Lipinski definition) is 3. The van der Waals surface area contributed by atoms with Crippen molar-refractivity contribution in [2.24, 2.45) is 5.92 Å². The summed E-state index contributed by atoms with van der Waals surface area (Å²) in [6.07, 6.45) is 0. The van der Waals surface area contributed by atoms with Crippen LogP contribution in [-0.4, -0.2) is 29.3 Å². The van der Waals surface area contributed by atoms with E-state index < -0.39 is 5.97 Å². The summed E-state index contributed by atoms with van der Waals surface area (Å²) in [4.78, 5) is 10.5. The number of aliphatic hydroxyl groups is 1. The largest absolute Gasteiger partial charge is 0.475 e. The molecule has 1 rings (SSSR count). The van der Waals surface area contributed by atoms with E-state index in [0.29, 0.717) is 18.8 Å². The molecule has 0 saturated carbocycles. The third kappa shape index (κ3) is 3.73. The second-order valence-corrected chi connectivity index (χ2v) is 3.49. The Morgan fingerprint density at radius 1 is 1.60 bits per heavy atom. The van der Waals surface area contributed by atoms with Crippen LogP contribution in [0.2, 0.25) is 0 Å². The van der Waals surface area contributed by atoms with Gasteiger partial charge in [-0.3, -0.25) is 0 Å². The molecule has 84 valence electrons. The van der Waals surface area contributed by atoms with Crippen molar-refractivity contribution in [3.63, 3.8) is 0 Å². The Hall–Kier alpha value is -1.33. The van der Waals surface area contributed by atoms with E-state index >= 15 is 0 Å². The minimum atomic E-state index is -1.06. The number of nitrogens with one attached hydrogen (secondary N) is 1. The van der Waals surface area contributed by atoms with Gasteiger partial charge in [0.05, 0.1) is 6.54 Å². The molecule has 0 aromatic carbocycles. The summed E-state index contributed by atoms with van der Waals surface area (Å²) in [5.74, 6) is -0.358. The van der Waals surface area contributed by atoms with E-state index in [1.807, 2.05) is 6.92 Å². The van der Waals surface area contributed by atoms with Gasteiger partial charge < -0.3 is 19.9 Å². The third-order valence-electron chi connectivity index (χ3n) is 1.98. The predicted molar refractivity (Wildman–Crippen MR) is 53.6 cm³/mol. The van der Waals surface area contributed by atoms with Crippen molar-refractivity contribution in [3.05, 3.63) is 23.7 Å². The van der Waals surface area contributed by atoms with Crippen molar-refractivity contribution in [3.8, 4) is 0 Å². The number of aliphatic hydroxyl groups excluding tert-OH is 1. The molecular formula is C10H15NO4. The van der Waals surface area contributed by atoms with E-state index in [9.17, 15) is 4.79 Å². The number of aromatic carboxylic acids is 1. The van der Waals surface area contributed by atoms with Gasteiger partial charge in [-0.1, -0.05) is 6.92 Å². The maximum Gasteiger partial charge on any atom is 0.371 e. The van der Waals surface area contributed by atoms with Gasteiger partial charge in [0.1, 0.15) is 5.76 Å². The van der Waals surface area contributed by atoms with E-state index in [-0.39, 0.29) is 18.3 Å². The van der Waals surface area contributed by atoms with Crippen LogP contribution in [0, 0.1) is 5.92 Å². The van der Waals surface area contributed by atoms with Crippen molar-refractivity contribution >= 4 is 5.97 Å². The Morgan fingerprint density at radius 3 is 2.87 bits per heavy atom. The summed E-state index contributed by atoms with van der Waals surface area (Å²) in [5, 5.41) is 20.4.